The van der Waals surface area contributed by atoms with Crippen molar-refractivity contribution in [3.63, 3.8) is 0 Å². The van der Waals surface area contributed by atoms with E-state index in [4.69, 9.17) is 11.5 Å². The van der Waals surface area contributed by atoms with E-state index in [0.29, 0.717) is 13.1 Å². The molecule has 84 valence electrons. The monoisotopic (exact) mass is 193 g/mol. The SMILES string of the molecule is NCCNCCN.O.O.O.O.O. The maximum absolute atomic E-state index is 5.17. The zero-order valence-electron chi connectivity index (χ0n) is 6.98. The first-order valence-corrected chi connectivity index (χ1v) is 2.52. The summed E-state index contributed by atoms with van der Waals surface area (Å²) in [7, 11) is 0. The third-order valence-corrected chi connectivity index (χ3v) is 0.642. The summed E-state index contributed by atoms with van der Waals surface area (Å²) in [5.41, 5.74) is 10.3. The molecule has 0 radical (unpaired) electrons. The highest BCUT2D eigenvalue weighted by molar-refractivity contribution is 4.45. The summed E-state index contributed by atoms with van der Waals surface area (Å²) in [5.74, 6) is 0. The van der Waals surface area contributed by atoms with Crippen LogP contribution in [0.3, 0.4) is 0 Å². The van der Waals surface area contributed by atoms with Crippen molar-refractivity contribution in [2.75, 3.05) is 26.2 Å². The average Bonchev–Trinajstić information content (AvgIpc) is 1.69. The molecule has 0 heterocycles. The first-order valence-electron chi connectivity index (χ1n) is 2.52. The van der Waals surface area contributed by atoms with E-state index in [0.717, 1.165) is 13.1 Å². The lowest BCUT2D eigenvalue weighted by atomic mass is 10.6. The second kappa shape index (κ2) is 45.7. The molecule has 0 aromatic rings. The molecule has 8 nitrogen and oxygen atoms in total. The van der Waals surface area contributed by atoms with Crippen molar-refractivity contribution < 1.29 is 27.4 Å². The van der Waals surface area contributed by atoms with E-state index in [9.17, 15) is 0 Å². The minimum Gasteiger partial charge on any atom is -0.412 e. The fourth-order valence-electron chi connectivity index (χ4n) is 0.329. The second-order valence-electron chi connectivity index (χ2n) is 1.33. The molecule has 0 saturated carbocycles. The molecule has 0 aliphatic heterocycles. The Hall–Kier alpha value is -0.320. The molecule has 0 atom stereocenters. The van der Waals surface area contributed by atoms with Gasteiger partial charge < -0.3 is 44.2 Å². The molecule has 0 unspecified atom stereocenters. The fraction of sp³-hybridized carbons (Fsp3) is 1.00. The zero-order valence-corrected chi connectivity index (χ0v) is 6.98. The standard InChI is InChI=1S/C4H13N3.5H2O/c5-1-3-7-4-2-6;;;;;/h7H,1-6H2;5*1H2. The summed E-state index contributed by atoms with van der Waals surface area (Å²) < 4.78 is 0. The number of nitrogens with one attached hydrogen (secondary N) is 1. The molecule has 0 spiro atoms. The van der Waals surface area contributed by atoms with Crippen molar-refractivity contribution in [1.82, 2.24) is 5.32 Å². The summed E-state index contributed by atoms with van der Waals surface area (Å²) in [4.78, 5) is 0. The summed E-state index contributed by atoms with van der Waals surface area (Å²) in [5, 5.41) is 3.03. The van der Waals surface area contributed by atoms with Crippen molar-refractivity contribution in [3.8, 4) is 0 Å². The highest BCUT2D eigenvalue weighted by Crippen LogP contribution is 1.49. The van der Waals surface area contributed by atoms with Crippen molar-refractivity contribution in [2.24, 2.45) is 11.5 Å². The van der Waals surface area contributed by atoms with Gasteiger partial charge in [-0.05, 0) is 0 Å². The second-order valence-corrected chi connectivity index (χ2v) is 1.33. The number of hydrogen-bond donors (Lipinski definition) is 3. The van der Waals surface area contributed by atoms with Gasteiger partial charge in [-0.25, -0.2) is 0 Å². The summed E-state index contributed by atoms with van der Waals surface area (Å²) in [6.07, 6.45) is 0. The van der Waals surface area contributed by atoms with Gasteiger partial charge in [-0.3, -0.25) is 0 Å². The molecule has 12 heavy (non-hydrogen) atoms. The van der Waals surface area contributed by atoms with Crippen LogP contribution in [0.15, 0.2) is 0 Å². The molecule has 0 fully saturated rings. The van der Waals surface area contributed by atoms with Crippen LogP contribution in [-0.2, 0) is 0 Å². The molecule has 0 aromatic carbocycles. The summed E-state index contributed by atoms with van der Waals surface area (Å²) in [6, 6.07) is 0. The number of nitrogens with two attached hydrogens (primary N) is 2. The minimum atomic E-state index is 0. The van der Waals surface area contributed by atoms with Gasteiger partial charge in [-0.1, -0.05) is 0 Å². The topological polar surface area (TPSA) is 222 Å². The van der Waals surface area contributed by atoms with Crippen LogP contribution in [0.1, 0.15) is 0 Å². The number of rotatable bonds is 4. The Morgan fingerprint density at radius 3 is 1.08 bits per heavy atom. The predicted octanol–water partition coefficient (Wildman–Crippen LogP) is -5.63. The van der Waals surface area contributed by atoms with Gasteiger partial charge in [-0.2, -0.15) is 0 Å². The smallest absolute Gasteiger partial charge is 0.00750 e. The highest BCUT2D eigenvalue weighted by Gasteiger charge is 1.76. The maximum Gasteiger partial charge on any atom is 0.00750 e. The van der Waals surface area contributed by atoms with Crippen LogP contribution < -0.4 is 16.8 Å². The Bertz CT molecular complexity index is 37.9. The van der Waals surface area contributed by atoms with Gasteiger partial charge in [0.1, 0.15) is 0 Å². The highest BCUT2D eigenvalue weighted by atomic mass is 16.0. The normalized spacial score (nSPS) is 5.50. The lowest BCUT2D eigenvalue weighted by Crippen LogP contribution is -2.27. The predicted molar refractivity (Wildman–Crippen MR) is 49.0 cm³/mol. The van der Waals surface area contributed by atoms with Crippen LogP contribution in [0.5, 0.6) is 0 Å². The fourth-order valence-corrected chi connectivity index (χ4v) is 0.329. The van der Waals surface area contributed by atoms with Crippen molar-refractivity contribution in [1.29, 1.82) is 0 Å². The first kappa shape index (κ1) is 41.3. The van der Waals surface area contributed by atoms with Crippen LogP contribution in [-0.4, -0.2) is 53.6 Å². The molecule has 0 aliphatic carbocycles. The van der Waals surface area contributed by atoms with Gasteiger partial charge >= 0.3 is 0 Å². The first-order chi connectivity index (χ1) is 3.41. The maximum atomic E-state index is 5.17. The van der Waals surface area contributed by atoms with Crippen molar-refractivity contribution >= 4 is 0 Å². The van der Waals surface area contributed by atoms with Crippen molar-refractivity contribution in [2.45, 2.75) is 0 Å². The molecule has 0 amide bonds. The molecule has 0 saturated heterocycles. The zero-order chi connectivity index (χ0) is 5.54. The molecule has 0 bridgehead atoms. The summed E-state index contributed by atoms with van der Waals surface area (Å²) >= 11 is 0. The van der Waals surface area contributed by atoms with Crippen LogP contribution in [0.4, 0.5) is 0 Å². The Kier molecular flexibility index (Phi) is 157. The Labute approximate surface area is 71.5 Å². The van der Waals surface area contributed by atoms with Gasteiger partial charge in [0.25, 0.3) is 0 Å². The van der Waals surface area contributed by atoms with Crippen LogP contribution in [0.2, 0.25) is 0 Å². The molecule has 0 aliphatic rings. The van der Waals surface area contributed by atoms with E-state index < -0.39 is 0 Å². The van der Waals surface area contributed by atoms with Gasteiger partial charge in [0.2, 0.25) is 0 Å². The largest absolute Gasteiger partial charge is 0.412 e. The van der Waals surface area contributed by atoms with Crippen LogP contribution in [0, 0.1) is 0 Å². The molecule has 0 aromatic heterocycles. The Morgan fingerprint density at radius 1 is 0.667 bits per heavy atom. The van der Waals surface area contributed by atoms with Gasteiger partial charge in [-0.15, -0.1) is 0 Å². The summed E-state index contributed by atoms with van der Waals surface area (Å²) in [6.45, 7) is 3.13. The lowest BCUT2D eigenvalue weighted by Gasteiger charge is -1.95. The average molecular weight is 193 g/mol. The van der Waals surface area contributed by atoms with E-state index in [-0.39, 0.29) is 27.4 Å². The molecule has 15 N–H and O–H groups in total. The van der Waals surface area contributed by atoms with Crippen LogP contribution in [0.25, 0.3) is 0 Å². The van der Waals surface area contributed by atoms with Gasteiger partial charge in [0.05, 0.1) is 0 Å². The Balaban J connectivity index is -0.0000000180. The lowest BCUT2D eigenvalue weighted by molar-refractivity contribution is 0.696. The van der Waals surface area contributed by atoms with E-state index in [1.165, 1.54) is 0 Å². The molecular formula is C4H23N3O5. The van der Waals surface area contributed by atoms with Gasteiger partial charge in [0, 0.05) is 26.2 Å². The van der Waals surface area contributed by atoms with Crippen molar-refractivity contribution in [3.05, 3.63) is 0 Å². The number of hydrogen-bond acceptors (Lipinski definition) is 3. The Morgan fingerprint density at radius 2 is 0.917 bits per heavy atom. The van der Waals surface area contributed by atoms with E-state index in [1.807, 2.05) is 0 Å². The molecule has 8 heteroatoms. The van der Waals surface area contributed by atoms with E-state index >= 15 is 0 Å². The minimum absolute atomic E-state index is 0. The third kappa shape index (κ3) is 53.9. The molecule has 0 rings (SSSR count). The molecular weight excluding hydrogens is 170 g/mol. The van der Waals surface area contributed by atoms with Crippen LogP contribution >= 0.6 is 0 Å². The third-order valence-electron chi connectivity index (χ3n) is 0.642. The van der Waals surface area contributed by atoms with Gasteiger partial charge in [0.15, 0.2) is 0 Å². The quantitative estimate of drug-likeness (QED) is 0.371. The van der Waals surface area contributed by atoms with E-state index in [1.54, 1.807) is 0 Å². The van der Waals surface area contributed by atoms with E-state index in [2.05, 4.69) is 5.32 Å².